The highest BCUT2D eigenvalue weighted by Gasteiger charge is 2.31. The van der Waals surface area contributed by atoms with Crippen molar-refractivity contribution in [3.8, 4) is 11.3 Å². The molecule has 3 aromatic rings. The molecule has 3 N–H and O–H groups in total. The molecule has 0 atom stereocenters. The molecule has 9 heteroatoms. The van der Waals surface area contributed by atoms with Gasteiger partial charge in [-0.2, -0.15) is 5.10 Å². The summed E-state index contributed by atoms with van der Waals surface area (Å²) in [6.07, 6.45) is 4.92. The standard InChI is InChI=1S/C23H25FN6O2/c1-23(2,3)22(32)29-20(25)21(31)26-11-14-8-9-15(18(24)17(14)13-6-7-13)19-16-5-4-10-30(16)28-12-27-19/h4-5,8-10,12-13H,6-7,11H2,1-3H3,(H,26,31)(H2,25,29,32). The van der Waals surface area contributed by atoms with Crippen molar-refractivity contribution in [1.29, 1.82) is 5.41 Å². The van der Waals surface area contributed by atoms with Gasteiger partial charge in [-0.25, -0.2) is 13.9 Å². The van der Waals surface area contributed by atoms with Gasteiger partial charge in [-0.1, -0.05) is 26.8 Å². The van der Waals surface area contributed by atoms with Crippen LogP contribution in [-0.2, 0) is 16.1 Å². The number of rotatable bonds is 4. The van der Waals surface area contributed by atoms with Crippen LogP contribution in [0.1, 0.15) is 50.7 Å². The van der Waals surface area contributed by atoms with Gasteiger partial charge >= 0.3 is 0 Å². The molecule has 1 aromatic carbocycles. The van der Waals surface area contributed by atoms with E-state index in [-0.39, 0.29) is 18.3 Å². The Morgan fingerprint density at radius 1 is 1.25 bits per heavy atom. The van der Waals surface area contributed by atoms with Crippen molar-refractivity contribution < 1.29 is 14.0 Å². The molecule has 0 bridgehead atoms. The van der Waals surface area contributed by atoms with Crippen LogP contribution in [0.4, 0.5) is 4.39 Å². The van der Waals surface area contributed by atoms with Gasteiger partial charge in [-0.15, -0.1) is 0 Å². The number of nitrogens with zero attached hydrogens (tertiary/aromatic N) is 3. The second-order valence-electron chi connectivity index (χ2n) is 8.98. The highest BCUT2D eigenvalue weighted by molar-refractivity contribution is 6.39. The smallest absolute Gasteiger partial charge is 0.286 e. The highest BCUT2D eigenvalue weighted by Crippen LogP contribution is 2.45. The summed E-state index contributed by atoms with van der Waals surface area (Å²) < 4.78 is 17.3. The fourth-order valence-electron chi connectivity index (χ4n) is 3.48. The molecule has 32 heavy (non-hydrogen) atoms. The van der Waals surface area contributed by atoms with Gasteiger partial charge in [0.05, 0.1) is 5.52 Å². The van der Waals surface area contributed by atoms with Crippen LogP contribution in [0.25, 0.3) is 16.8 Å². The monoisotopic (exact) mass is 436 g/mol. The number of hydrogen-bond acceptors (Lipinski definition) is 5. The van der Waals surface area contributed by atoms with E-state index in [1.165, 1.54) is 6.33 Å². The summed E-state index contributed by atoms with van der Waals surface area (Å²) in [5.41, 5.74) is 2.09. The molecule has 4 rings (SSSR count). The molecule has 0 unspecified atom stereocenters. The van der Waals surface area contributed by atoms with E-state index >= 15 is 4.39 Å². The van der Waals surface area contributed by atoms with Crippen LogP contribution < -0.4 is 10.6 Å². The molecule has 2 aromatic heterocycles. The van der Waals surface area contributed by atoms with Gasteiger partial charge in [0, 0.05) is 23.7 Å². The Morgan fingerprint density at radius 2 is 2.00 bits per heavy atom. The van der Waals surface area contributed by atoms with Crippen LogP contribution >= 0.6 is 0 Å². The molecule has 8 nitrogen and oxygen atoms in total. The maximum atomic E-state index is 15.6. The minimum atomic E-state index is -0.725. The van der Waals surface area contributed by atoms with Crippen molar-refractivity contribution in [2.45, 2.75) is 46.1 Å². The van der Waals surface area contributed by atoms with Crippen LogP contribution in [0.5, 0.6) is 0 Å². The van der Waals surface area contributed by atoms with Crippen molar-refractivity contribution in [2.24, 2.45) is 5.41 Å². The van der Waals surface area contributed by atoms with Crippen molar-refractivity contribution in [1.82, 2.24) is 25.2 Å². The number of nitrogens with one attached hydrogen (secondary N) is 3. The Hall–Kier alpha value is -3.62. The van der Waals surface area contributed by atoms with Gasteiger partial charge in [0.2, 0.25) is 5.91 Å². The number of carbonyl (C=O) groups is 2. The molecule has 0 radical (unpaired) electrons. The van der Waals surface area contributed by atoms with Crippen LogP contribution in [0, 0.1) is 16.6 Å². The first-order valence-corrected chi connectivity index (χ1v) is 10.4. The first-order valence-electron chi connectivity index (χ1n) is 10.4. The van der Waals surface area contributed by atoms with Gasteiger partial charge < -0.3 is 10.6 Å². The SMILES string of the molecule is CC(C)(C)C(=O)NC(=N)C(=O)NCc1ccc(-c2ncnn3cccc23)c(F)c1C1CC1. The average molecular weight is 436 g/mol. The number of benzene rings is 1. The molecule has 0 saturated heterocycles. The maximum Gasteiger partial charge on any atom is 0.286 e. The lowest BCUT2D eigenvalue weighted by Gasteiger charge is -2.18. The number of carbonyl (C=O) groups excluding carboxylic acids is 2. The summed E-state index contributed by atoms with van der Waals surface area (Å²) in [6, 6.07) is 7.09. The van der Waals surface area contributed by atoms with Crippen molar-refractivity contribution in [2.75, 3.05) is 0 Å². The van der Waals surface area contributed by atoms with Gasteiger partial charge in [-0.05, 0) is 48.1 Å². The number of fused-ring (bicyclic) bond motifs is 1. The van der Waals surface area contributed by atoms with Crippen LogP contribution in [0.3, 0.4) is 0 Å². The predicted molar refractivity (Wildman–Crippen MR) is 118 cm³/mol. The van der Waals surface area contributed by atoms with E-state index in [2.05, 4.69) is 20.7 Å². The van der Waals surface area contributed by atoms with Crippen LogP contribution in [-0.4, -0.2) is 32.2 Å². The van der Waals surface area contributed by atoms with E-state index in [0.29, 0.717) is 27.9 Å². The number of hydrogen-bond donors (Lipinski definition) is 3. The van der Waals surface area contributed by atoms with E-state index in [4.69, 9.17) is 5.41 Å². The molecule has 1 aliphatic carbocycles. The molecule has 2 heterocycles. The Bertz CT molecular complexity index is 1220. The molecule has 0 aliphatic heterocycles. The summed E-state index contributed by atoms with van der Waals surface area (Å²) in [6.45, 7) is 5.14. The minimum Gasteiger partial charge on any atom is -0.345 e. The summed E-state index contributed by atoms with van der Waals surface area (Å²) >= 11 is 0. The van der Waals surface area contributed by atoms with E-state index in [9.17, 15) is 9.59 Å². The second-order valence-corrected chi connectivity index (χ2v) is 8.98. The normalized spacial score (nSPS) is 13.8. The summed E-state index contributed by atoms with van der Waals surface area (Å²) in [4.78, 5) is 28.6. The van der Waals surface area contributed by atoms with Crippen molar-refractivity contribution in [3.05, 3.63) is 53.7 Å². The van der Waals surface area contributed by atoms with Gasteiger partial charge in [-0.3, -0.25) is 15.0 Å². The van der Waals surface area contributed by atoms with E-state index in [1.807, 2.05) is 12.1 Å². The molecular formula is C23H25FN6O2. The fourth-order valence-corrected chi connectivity index (χ4v) is 3.48. The predicted octanol–water partition coefficient (Wildman–Crippen LogP) is 3.17. The summed E-state index contributed by atoms with van der Waals surface area (Å²) in [5.74, 6) is -1.94. The molecule has 166 valence electrons. The lowest BCUT2D eigenvalue weighted by molar-refractivity contribution is -0.127. The Morgan fingerprint density at radius 3 is 2.69 bits per heavy atom. The largest absolute Gasteiger partial charge is 0.345 e. The Balaban J connectivity index is 1.56. The maximum absolute atomic E-state index is 15.6. The molecule has 0 spiro atoms. The zero-order valence-electron chi connectivity index (χ0n) is 18.2. The first-order chi connectivity index (χ1) is 15.2. The summed E-state index contributed by atoms with van der Waals surface area (Å²) in [5, 5.41) is 16.9. The van der Waals surface area contributed by atoms with Crippen molar-refractivity contribution in [3.63, 3.8) is 0 Å². The number of halogens is 1. The van der Waals surface area contributed by atoms with E-state index < -0.39 is 23.1 Å². The molecule has 1 aliphatic rings. The third-order valence-corrected chi connectivity index (χ3v) is 5.43. The Kier molecular flexibility index (Phi) is 5.50. The van der Waals surface area contributed by atoms with Gasteiger partial charge in [0.1, 0.15) is 17.8 Å². The quantitative estimate of drug-likeness (QED) is 0.431. The third-order valence-electron chi connectivity index (χ3n) is 5.43. The molecule has 2 amide bonds. The van der Waals surface area contributed by atoms with E-state index in [1.54, 1.807) is 43.6 Å². The zero-order valence-corrected chi connectivity index (χ0v) is 18.2. The second kappa shape index (κ2) is 8.14. The van der Waals surface area contributed by atoms with Gasteiger partial charge in [0.25, 0.3) is 5.91 Å². The average Bonchev–Trinajstić information content (AvgIpc) is 3.46. The molecular weight excluding hydrogens is 411 g/mol. The number of aromatic nitrogens is 3. The lowest BCUT2D eigenvalue weighted by Crippen LogP contribution is -2.45. The number of amides is 2. The minimum absolute atomic E-state index is 0.0555. The Labute approximate surface area is 184 Å². The summed E-state index contributed by atoms with van der Waals surface area (Å²) in [7, 11) is 0. The van der Waals surface area contributed by atoms with E-state index in [0.717, 1.165) is 12.8 Å². The van der Waals surface area contributed by atoms with Crippen LogP contribution in [0.2, 0.25) is 0 Å². The zero-order chi connectivity index (χ0) is 23.0. The van der Waals surface area contributed by atoms with Crippen LogP contribution in [0.15, 0.2) is 36.8 Å². The molecule has 1 fully saturated rings. The topological polar surface area (TPSA) is 112 Å². The fraction of sp³-hybridized carbons (Fsp3) is 0.348. The lowest BCUT2D eigenvalue weighted by atomic mass is 9.95. The van der Waals surface area contributed by atoms with Crippen molar-refractivity contribution >= 4 is 23.2 Å². The number of amidine groups is 1. The third kappa shape index (κ3) is 4.23. The highest BCUT2D eigenvalue weighted by atomic mass is 19.1. The van der Waals surface area contributed by atoms with Gasteiger partial charge in [0.15, 0.2) is 5.84 Å². The first kappa shape index (κ1) is 21.6. The molecule has 1 saturated carbocycles.